The highest BCUT2D eigenvalue weighted by atomic mass is 16.5. The number of nitrogens with zero attached hydrogens (tertiary/aromatic N) is 4. The smallest absolute Gasteiger partial charge is 0.277 e. The predicted molar refractivity (Wildman–Crippen MR) is 104 cm³/mol. The summed E-state index contributed by atoms with van der Waals surface area (Å²) in [6, 6.07) is 5.38. The number of carbonyl (C=O) groups excluding carboxylic acids is 2. The van der Waals surface area contributed by atoms with Crippen molar-refractivity contribution in [2.24, 2.45) is 5.73 Å². The first-order chi connectivity index (χ1) is 13.4. The minimum absolute atomic E-state index is 0.214. The summed E-state index contributed by atoms with van der Waals surface area (Å²) >= 11 is 0. The molecule has 28 heavy (non-hydrogen) atoms. The molecule has 1 fully saturated rings. The van der Waals surface area contributed by atoms with Crippen LogP contribution in [0.5, 0.6) is 5.75 Å². The fourth-order valence-electron chi connectivity index (χ4n) is 3.31. The van der Waals surface area contributed by atoms with E-state index >= 15 is 0 Å². The van der Waals surface area contributed by atoms with Gasteiger partial charge in [-0.25, -0.2) is 4.68 Å². The molecular weight excluding hydrogens is 360 g/mol. The number of methoxy groups -OCH3 is 1. The van der Waals surface area contributed by atoms with Gasteiger partial charge in [0, 0.05) is 25.8 Å². The largest absolute Gasteiger partial charge is 0.496 e. The molecule has 2 amide bonds. The molecule has 0 saturated heterocycles. The van der Waals surface area contributed by atoms with Gasteiger partial charge in [0.1, 0.15) is 5.75 Å². The summed E-state index contributed by atoms with van der Waals surface area (Å²) in [5.41, 5.74) is 7.02. The molecule has 1 aliphatic carbocycles. The highest BCUT2D eigenvalue weighted by molar-refractivity contribution is 6.04. The second kappa shape index (κ2) is 8.39. The fraction of sp³-hybridized carbons (Fsp3) is 0.474. The number of carbonyl (C=O) groups is 2. The topological polar surface area (TPSA) is 115 Å². The SMILES string of the molecule is COc1ccc(NC(=O)c2cn(C3CCC(N)CC3)nn2)cc1C(=O)N(C)C. The number of amides is 2. The third-order valence-electron chi connectivity index (χ3n) is 4.95. The summed E-state index contributed by atoms with van der Waals surface area (Å²) in [5.74, 6) is -0.153. The van der Waals surface area contributed by atoms with Gasteiger partial charge in [-0.15, -0.1) is 5.10 Å². The summed E-state index contributed by atoms with van der Waals surface area (Å²) in [6.45, 7) is 0. The van der Waals surface area contributed by atoms with Crippen LogP contribution in [0.4, 0.5) is 5.69 Å². The molecule has 1 aliphatic rings. The maximum atomic E-state index is 12.6. The van der Waals surface area contributed by atoms with Crippen molar-refractivity contribution in [3.63, 3.8) is 0 Å². The molecule has 0 spiro atoms. The van der Waals surface area contributed by atoms with E-state index in [4.69, 9.17) is 10.5 Å². The second-order valence-electron chi connectivity index (χ2n) is 7.22. The van der Waals surface area contributed by atoms with Gasteiger partial charge in [0.25, 0.3) is 11.8 Å². The number of rotatable bonds is 5. The van der Waals surface area contributed by atoms with E-state index in [-0.39, 0.29) is 29.6 Å². The molecule has 1 saturated carbocycles. The standard InChI is InChI=1S/C19H26N6O3/c1-24(2)19(27)15-10-13(6-9-17(15)28-3)21-18(26)16-11-25(23-22-16)14-7-4-12(20)5-8-14/h6,9-12,14H,4-5,7-8,20H2,1-3H3,(H,21,26). The predicted octanol–water partition coefficient (Wildman–Crippen LogP) is 1.68. The summed E-state index contributed by atoms with van der Waals surface area (Å²) in [6.07, 6.45) is 5.41. The molecule has 1 aromatic heterocycles. The number of nitrogens with two attached hydrogens (primary N) is 1. The van der Waals surface area contributed by atoms with Gasteiger partial charge in [0.15, 0.2) is 5.69 Å². The minimum Gasteiger partial charge on any atom is -0.496 e. The number of benzene rings is 1. The van der Waals surface area contributed by atoms with Crippen LogP contribution in [0.25, 0.3) is 0 Å². The first kappa shape index (κ1) is 19.8. The van der Waals surface area contributed by atoms with Gasteiger partial charge < -0.3 is 20.7 Å². The number of aromatic nitrogens is 3. The van der Waals surface area contributed by atoms with Crippen molar-refractivity contribution in [1.82, 2.24) is 19.9 Å². The number of ether oxygens (including phenoxy) is 1. The van der Waals surface area contributed by atoms with Crippen LogP contribution in [0.2, 0.25) is 0 Å². The molecule has 0 atom stereocenters. The van der Waals surface area contributed by atoms with Crippen LogP contribution in [0.15, 0.2) is 24.4 Å². The van der Waals surface area contributed by atoms with Crippen LogP contribution < -0.4 is 15.8 Å². The molecule has 0 radical (unpaired) electrons. The van der Waals surface area contributed by atoms with Gasteiger partial charge in [0.05, 0.1) is 24.9 Å². The second-order valence-corrected chi connectivity index (χ2v) is 7.22. The molecule has 3 rings (SSSR count). The molecule has 0 bridgehead atoms. The van der Waals surface area contributed by atoms with Gasteiger partial charge in [-0.05, 0) is 43.9 Å². The molecule has 150 valence electrons. The molecule has 0 aliphatic heterocycles. The Morgan fingerprint density at radius 2 is 1.96 bits per heavy atom. The van der Waals surface area contributed by atoms with Crippen LogP contribution in [-0.4, -0.2) is 59.0 Å². The monoisotopic (exact) mass is 386 g/mol. The lowest BCUT2D eigenvalue weighted by Gasteiger charge is -2.25. The van der Waals surface area contributed by atoms with Crippen LogP contribution in [0.1, 0.15) is 52.6 Å². The number of anilines is 1. The molecule has 9 heteroatoms. The number of nitrogens with one attached hydrogen (secondary N) is 1. The first-order valence-electron chi connectivity index (χ1n) is 9.27. The highest BCUT2D eigenvalue weighted by Crippen LogP contribution is 2.27. The highest BCUT2D eigenvalue weighted by Gasteiger charge is 2.22. The third kappa shape index (κ3) is 4.30. The van der Waals surface area contributed by atoms with E-state index < -0.39 is 0 Å². The maximum Gasteiger partial charge on any atom is 0.277 e. The third-order valence-corrected chi connectivity index (χ3v) is 4.95. The molecule has 1 aromatic carbocycles. The zero-order valence-electron chi connectivity index (χ0n) is 16.4. The molecule has 9 nitrogen and oxygen atoms in total. The fourth-order valence-corrected chi connectivity index (χ4v) is 3.31. The summed E-state index contributed by atoms with van der Waals surface area (Å²) < 4.78 is 6.99. The van der Waals surface area contributed by atoms with Crippen molar-refractivity contribution in [2.75, 3.05) is 26.5 Å². The van der Waals surface area contributed by atoms with E-state index in [0.29, 0.717) is 17.0 Å². The van der Waals surface area contributed by atoms with Crippen molar-refractivity contribution in [3.05, 3.63) is 35.7 Å². The van der Waals surface area contributed by atoms with Gasteiger partial charge in [0.2, 0.25) is 0 Å². The van der Waals surface area contributed by atoms with Crippen LogP contribution in [0, 0.1) is 0 Å². The van der Waals surface area contributed by atoms with Gasteiger partial charge in [-0.1, -0.05) is 5.21 Å². The summed E-state index contributed by atoms with van der Waals surface area (Å²) in [4.78, 5) is 26.3. The van der Waals surface area contributed by atoms with Crippen LogP contribution in [-0.2, 0) is 0 Å². The van der Waals surface area contributed by atoms with Crippen molar-refractivity contribution in [2.45, 2.75) is 37.8 Å². The van der Waals surface area contributed by atoms with Crippen molar-refractivity contribution in [3.8, 4) is 5.75 Å². The molecule has 1 heterocycles. The van der Waals surface area contributed by atoms with Gasteiger partial charge in [-0.3, -0.25) is 9.59 Å². The molecule has 3 N–H and O–H groups in total. The van der Waals surface area contributed by atoms with Crippen molar-refractivity contribution < 1.29 is 14.3 Å². The minimum atomic E-state index is -0.382. The van der Waals surface area contributed by atoms with E-state index in [1.54, 1.807) is 43.2 Å². The number of hydrogen-bond donors (Lipinski definition) is 2. The van der Waals surface area contributed by atoms with Crippen LogP contribution >= 0.6 is 0 Å². The zero-order chi connectivity index (χ0) is 20.3. The average molecular weight is 386 g/mol. The van der Waals surface area contributed by atoms with Gasteiger partial charge in [-0.2, -0.15) is 0 Å². The summed E-state index contributed by atoms with van der Waals surface area (Å²) in [7, 11) is 4.81. The van der Waals surface area contributed by atoms with E-state index in [2.05, 4.69) is 15.6 Å². The zero-order valence-corrected chi connectivity index (χ0v) is 16.4. The van der Waals surface area contributed by atoms with Crippen LogP contribution in [0.3, 0.4) is 0 Å². The molecule has 2 aromatic rings. The van der Waals surface area contributed by atoms with Crippen molar-refractivity contribution >= 4 is 17.5 Å². The normalized spacial score (nSPS) is 19.1. The Morgan fingerprint density at radius 1 is 1.25 bits per heavy atom. The Labute approximate surface area is 163 Å². The Bertz CT molecular complexity index is 855. The first-order valence-corrected chi connectivity index (χ1v) is 9.27. The van der Waals surface area contributed by atoms with E-state index in [9.17, 15) is 9.59 Å². The Balaban J connectivity index is 1.73. The Hall–Kier alpha value is -2.94. The van der Waals surface area contributed by atoms with E-state index in [1.807, 2.05) is 0 Å². The molecule has 0 unspecified atom stereocenters. The van der Waals surface area contributed by atoms with E-state index in [1.165, 1.54) is 12.0 Å². The number of hydrogen-bond acceptors (Lipinski definition) is 6. The maximum absolute atomic E-state index is 12.6. The molecular formula is C19H26N6O3. The van der Waals surface area contributed by atoms with E-state index in [0.717, 1.165) is 25.7 Å². The lowest BCUT2D eigenvalue weighted by Crippen LogP contribution is -2.28. The Morgan fingerprint density at radius 3 is 2.61 bits per heavy atom. The summed E-state index contributed by atoms with van der Waals surface area (Å²) in [5, 5.41) is 10.9. The van der Waals surface area contributed by atoms with Crippen molar-refractivity contribution in [1.29, 1.82) is 0 Å². The lowest BCUT2D eigenvalue weighted by atomic mass is 9.92. The Kier molecular flexibility index (Phi) is 5.93. The lowest BCUT2D eigenvalue weighted by molar-refractivity contribution is 0.0824. The quantitative estimate of drug-likeness (QED) is 0.808. The average Bonchev–Trinajstić information content (AvgIpc) is 3.18. The van der Waals surface area contributed by atoms with Gasteiger partial charge >= 0.3 is 0 Å².